The van der Waals surface area contributed by atoms with E-state index < -0.39 is 0 Å². The first-order valence-corrected chi connectivity index (χ1v) is 12.1. The second kappa shape index (κ2) is 11.2. The molecule has 0 fully saturated rings. The molecule has 0 aliphatic heterocycles. The third-order valence-corrected chi connectivity index (χ3v) is 6.81. The molecule has 1 aromatic heterocycles. The Hall–Kier alpha value is -2.26. The molecule has 3 aromatic rings. The summed E-state index contributed by atoms with van der Waals surface area (Å²) in [6.07, 6.45) is 0. The first-order chi connectivity index (χ1) is 15.7. The molecule has 33 heavy (non-hydrogen) atoms. The Morgan fingerprint density at radius 2 is 1.70 bits per heavy atom. The predicted octanol–water partition coefficient (Wildman–Crippen LogP) is 5.63. The molecule has 2 N–H and O–H groups in total. The number of hydrogen-bond donors (Lipinski definition) is 2. The summed E-state index contributed by atoms with van der Waals surface area (Å²) in [5.74, 6) is 0.265. The number of aromatic nitrogens is 3. The van der Waals surface area contributed by atoms with Gasteiger partial charge in [-0.1, -0.05) is 78.6 Å². The lowest BCUT2D eigenvalue weighted by Crippen LogP contribution is -2.33. The molecule has 0 unspecified atom stereocenters. The fourth-order valence-corrected chi connectivity index (χ4v) is 4.31. The van der Waals surface area contributed by atoms with Gasteiger partial charge in [0.2, 0.25) is 5.91 Å². The summed E-state index contributed by atoms with van der Waals surface area (Å²) in [6.45, 7) is 3.98. The van der Waals surface area contributed by atoms with Crippen LogP contribution in [-0.2, 0) is 11.8 Å². The van der Waals surface area contributed by atoms with Crippen LogP contribution in [0.3, 0.4) is 0 Å². The van der Waals surface area contributed by atoms with E-state index in [2.05, 4.69) is 20.8 Å². The van der Waals surface area contributed by atoms with E-state index >= 15 is 0 Å². The molecule has 174 valence electrons. The van der Waals surface area contributed by atoms with Crippen molar-refractivity contribution in [2.75, 3.05) is 11.1 Å². The molecule has 0 spiro atoms. The smallest absolute Gasteiger partial charge is 0.251 e. The van der Waals surface area contributed by atoms with Gasteiger partial charge in [0.05, 0.1) is 32.5 Å². The SMILES string of the molecule is CC(C)[C@H](NC(=O)c1ccccc1)c1nnc(SCC(=O)Nc2cc(Cl)c(Cl)cc2Cl)n1C. The summed E-state index contributed by atoms with van der Waals surface area (Å²) in [5, 5.41) is 15.6. The van der Waals surface area contributed by atoms with E-state index in [0.29, 0.717) is 32.3 Å². The first kappa shape index (κ1) is 25.4. The summed E-state index contributed by atoms with van der Waals surface area (Å²) in [7, 11) is 1.80. The molecule has 11 heteroatoms. The highest BCUT2D eigenvalue weighted by Gasteiger charge is 2.25. The van der Waals surface area contributed by atoms with E-state index in [1.54, 1.807) is 23.7 Å². The molecule has 2 aromatic carbocycles. The second-order valence-corrected chi connectivity index (χ2v) is 9.71. The number of halogens is 3. The van der Waals surface area contributed by atoms with Gasteiger partial charge in [-0.2, -0.15) is 0 Å². The normalized spacial score (nSPS) is 12.0. The monoisotopic (exact) mass is 525 g/mol. The number of amides is 2. The van der Waals surface area contributed by atoms with Gasteiger partial charge in [-0.05, 0) is 30.2 Å². The fourth-order valence-electron chi connectivity index (χ4n) is 3.00. The number of thioether (sulfide) groups is 1. The summed E-state index contributed by atoms with van der Waals surface area (Å²) in [6, 6.07) is 11.6. The lowest BCUT2D eigenvalue weighted by molar-refractivity contribution is -0.113. The van der Waals surface area contributed by atoms with Crippen LogP contribution >= 0.6 is 46.6 Å². The molecule has 0 aliphatic rings. The van der Waals surface area contributed by atoms with Crippen molar-refractivity contribution in [2.45, 2.75) is 25.0 Å². The van der Waals surface area contributed by atoms with Crippen molar-refractivity contribution in [3.63, 3.8) is 0 Å². The highest BCUT2D eigenvalue weighted by molar-refractivity contribution is 7.99. The van der Waals surface area contributed by atoms with Gasteiger partial charge in [0.15, 0.2) is 11.0 Å². The zero-order chi connectivity index (χ0) is 24.1. The molecule has 3 rings (SSSR count). The third-order valence-electron chi connectivity index (χ3n) is 4.75. The Kier molecular flexibility index (Phi) is 8.64. The van der Waals surface area contributed by atoms with Crippen molar-refractivity contribution in [3.8, 4) is 0 Å². The van der Waals surface area contributed by atoms with Crippen LogP contribution in [0.2, 0.25) is 15.1 Å². The van der Waals surface area contributed by atoms with Gasteiger partial charge < -0.3 is 15.2 Å². The van der Waals surface area contributed by atoms with Crippen molar-refractivity contribution in [2.24, 2.45) is 13.0 Å². The van der Waals surface area contributed by atoms with Gasteiger partial charge in [-0.25, -0.2) is 0 Å². The summed E-state index contributed by atoms with van der Waals surface area (Å²) >= 11 is 19.2. The standard InChI is InChI=1S/C22H22Cl3N5O2S/c1-12(2)19(27-21(32)13-7-5-4-6-8-13)20-28-29-22(30(20)3)33-11-18(31)26-17-10-15(24)14(23)9-16(17)25/h4-10,12,19H,11H2,1-3H3,(H,26,31)(H,27,32)/t19-/m0/s1. The lowest BCUT2D eigenvalue weighted by Gasteiger charge is -2.21. The summed E-state index contributed by atoms with van der Waals surface area (Å²) < 4.78 is 1.78. The number of anilines is 1. The third kappa shape index (κ3) is 6.41. The number of nitrogens with one attached hydrogen (secondary N) is 2. The number of benzene rings is 2. The topological polar surface area (TPSA) is 88.9 Å². The largest absolute Gasteiger partial charge is 0.342 e. The van der Waals surface area contributed by atoms with Crippen LogP contribution < -0.4 is 10.6 Å². The maximum Gasteiger partial charge on any atom is 0.251 e. The van der Waals surface area contributed by atoms with Gasteiger partial charge in [-0.15, -0.1) is 10.2 Å². The zero-order valence-electron chi connectivity index (χ0n) is 18.1. The fraction of sp³-hybridized carbons (Fsp3) is 0.273. The number of hydrogen-bond acceptors (Lipinski definition) is 5. The predicted molar refractivity (Wildman–Crippen MR) is 133 cm³/mol. The number of carbonyl (C=O) groups is 2. The minimum atomic E-state index is -0.353. The Balaban J connectivity index is 1.67. The summed E-state index contributed by atoms with van der Waals surface area (Å²) in [5.41, 5.74) is 0.941. The van der Waals surface area contributed by atoms with E-state index in [0.717, 1.165) is 0 Å². The van der Waals surface area contributed by atoms with Crippen LogP contribution in [0.5, 0.6) is 0 Å². The van der Waals surface area contributed by atoms with Crippen molar-refractivity contribution < 1.29 is 9.59 Å². The molecule has 1 heterocycles. The maximum atomic E-state index is 12.7. The molecule has 0 saturated carbocycles. The minimum Gasteiger partial charge on any atom is -0.342 e. The Morgan fingerprint density at radius 3 is 2.36 bits per heavy atom. The number of carbonyl (C=O) groups excluding carboxylic acids is 2. The molecule has 0 bridgehead atoms. The van der Waals surface area contributed by atoms with E-state index in [4.69, 9.17) is 34.8 Å². The molecular weight excluding hydrogens is 505 g/mol. The molecular formula is C22H22Cl3N5O2S. The van der Waals surface area contributed by atoms with Crippen molar-refractivity contribution >= 4 is 64.1 Å². The van der Waals surface area contributed by atoms with Crippen LogP contribution in [0.4, 0.5) is 5.69 Å². The number of nitrogens with zero attached hydrogens (tertiary/aromatic N) is 3. The molecule has 1 atom stereocenters. The molecule has 2 amide bonds. The number of rotatable bonds is 8. The molecule has 0 aliphatic carbocycles. The van der Waals surface area contributed by atoms with Crippen molar-refractivity contribution in [1.29, 1.82) is 0 Å². The van der Waals surface area contributed by atoms with Gasteiger partial charge in [0.25, 0.3) is 5.91 Å². The van der Waals surface area contributed by atoms with E-state index in [1.807, 2.05) is 32.0 Å². The quantitative estimate of drug-likeness (QED) is 0.293. The maximum absolute atomic E-state index is 12.7. The average molecular weight is 527 g/mol. The van der Waals surface area contributed by atoms with Gasteiger partial charge >= 0.3 is 0 Å². The average Bonchev–Trinajstić information content (AvgIpc) is 3.14. The van der Waals surface area contributed by atoms with E-state index in [1.165, 1.54) is 23.9 Å². The Labute approximate surface area is 211 Å². The van der Waals surface area contributed by atoms with Crippen LogP contribution in [0.25, 0.3) is 0 Å². The van der Waals surface area contributed by atoms with E-state index in [9.17, 15) is 9.59 Å². The van der Waals surface area contributed by atoms with Gasteiger partial charge in [-0.3, -0.25) is 9.59 Å². The van der Waals surface area contributed by atoms with Crippen LogP contribution in [0.1, 0.15) is 36.1 Å². The van der Waals surface area contributed by atoms with Gasteiger partial charge in [0.1, 0.15) is 0 Å². The zero-order valence-corrected chi connectivity index (χ0v) is 21.2. The lowest BCUT2D eigenvalue weighted by atomic mass is 10.0. The minimum absolute atomic E-state index is 0.0681. The molecule has 0 saturated heterocycles. The van der Waals surface area contributed by atoms with Crippen molar-refractivity contribution in [1.82, 2.24) is 20.1 Å². The van der Waals surface area contributed by atoms with E-state index in [-0.39, 0.29) is 34.5 Å². The molecule has 0 radical (unpaired) electrons. The highest BCUT2D eigenvalue weighted by Crippen LogP contribution is 2.32. The van der Waals surface area contributed by atoms with Crippen LogP contribution in [0.15, 0.2) is 47.6 Å². The summed E-state index contributed by atoms with van der Waals surface area (Å²) in [4.78, 5) is 25.1. The van der Waals surface area contributed by atoms with Gasteiger partial charge in [0, 0.05) is 12.6 Å². The highest BCUT2D eigenvalue weighted by atomic mass is 35.5. The Bertz CT molecular complexity index is 1150. The molecule has 7 nitrogen and oxygen atoms in total. The second-order valence-electron chi connectivity index (χ2n) is 7.54. The van der Waals surface area contributed by atoms with Crippen molar-refractivity contribution in [3.05, 3.63) is 68.9 Å². The van der Waals surface area contributed by atoms with Crippen LogP contribution in [0, 0.1) is 5.92 Å². The Morgan fingerprint density at radius 1 is 1.03 bits per heavy atom. The van der Waals surface area contributed by atoms with Crippen LogP contribution in [-0.4, -0.2) is 32.3 Å². The first-order valence-electron chi connectivity index (χ1n) is 9.99.